The van der Waals surface area contributed by atoms with Gasteiger partial charge < -0.3 is 15.2 Å². The van der Waals surface area contributed by atoms with E-state index in [4.69, 9.17) is 0 Å². The molecular weight excluding hydrogens is 202 g/mol. The van der Waals surface area contributed by atoms with E-state index in [1.54, 1.807) is 0 Å². The van der Waals surface area contributed by atoms with E-state index in [0.717, 1.165) is 12.2 Å². The van der Waals surface area contributed by atoms with Crippen LogP contribution in [0.3, 0.4) is 0 Å². The minimum absolute atomic E-state index is 0.0128. The molecule has 1 aromatic rings. The third kappa shape index (κ3) is 3.38. The van der Waals surface area contributed by atoms with Gasteiger partial charge in [0.2, 0.25) is 0 Å². The number of nitrogens with zero attached hydrogens (tertiary/aromatic N) is 1. The molecule has 0 radical (unpaired) electrons. The third-order valence-electron chi connectivity index (χ3n) is 2.57. The second-order valence-corrected chi connectivity index (χ2v) is 4.28. The maximum absolute atomic E-state index is 11.8. The first-order chi connectivity index (χ1) is 7.52. The first kappa shape index (κ1) is 12.8. The Kier molecular flexibility index (Phi) is 4.55. The van der Waals surface area contributed by atoms with Crippen LogP contribution < -0.4 is 10.6 Å². The fourth-order valence-electron chi connectivity index (χ4n) is 1.47. The van der Waals surface area contributed by atoms with Crippen molar-refractivity contribution in [3.8, 4) is 0 Å². The minimum atomic E-state index is -0.0128. The predicted molar refractivity (Wildman–Crippen MR) is 65.6 cm³/mol. The molecule has 0 unspecified atom stereocenters. The van der Waals surface area contributed by atoms with Crippen molar-refractivity contribution in [2.75, 3.05) is 13.1 Å². The van der Waals surface area contributed by atoms with E-state index < -0.39 is 0 Å². The smallest absolute Gasteiger partial charge is 0.267 e. The Hall–Kier alpha value is -1.29. The Balaban J connectivity index is 2.39. The molecule has 0 saturated heterocycles. The summed E-state index contributed by atoms with van der Waals surface area (Å²) in [6.07, 6.45) is 0. The van der Waals surface area contributed by atoms with Crippen LogP contribution in [0.25, 0.3) is 0 Å². The average Bonchev–Trinajstić information content (AvgIpc) is 2.54. The van der Waals surface area contributed by atoms with Crippen LogP contribution in [0, 0.1) is 6.92 Å². The van der Waals surface area contributed by atoms with Crippen molar-refractivity contribution in [1.29, 1.82) is 0 Å². The van der Waals surface area contributed by atoms with Crippen molar-refractivity contribution < 1.29 is 4.79 Å². The lowest BCUT2D eigenvalue weighted by Gasteiger charge is -2.09. The number of hydrogen-bond acceptors (Lipinski definition) is 2. The molecule has 1 rings (SSSR count). The lowest BCUT2D eigenvalue weighted by Crippen LogP contribution is -2.35. The number of aromatic nitrogens is 1. The Bertz CT molecular complexity index is 355. The summed E-state index contributed by atoms with van der Waals surface area (Å²) in [4.78, 5) is 11.8. The van der Waals surface area contributed by atoms with Crippen LogP contribution in [-0.2, 0) is 7.05 Å². The molecular formula is C12H21N3O. The second-order valence-electron chi connectivity index (χ2n) is 4.28. The SMILES string of the molecule is Cc1ccc(C(=O)NCCNC(C)C)n1C. The molecule has 1 heterocycles. The summed E-state index contributed by atoms with van der Waals surface area (Å²) in [5.41, 5.74) is 1.80. The summed E-state index contributed by atoms with van der Waals surface area (Å²) in [7, 11) is 1.90. The van der Waals surface area contributed by atoms with Gasteiger partial charge >= 0.3 is 0 Å². The molecule has 0 spiro atoms. The second kappa shape index (κ2) is 5.70. The fourth-order valence-corrected chi connectivity index (χ4v) is 1.47. The average molecular weight is 223 g/mol. The molecule has 2 N–H and O–H groups in total. The molecule has 0 aromatic carbocycles. The number of rotatable bonds is 5. The highest BCUT2D eigenvalue weighted by Crippen LogP contribution is 2.04. The standard InChI is InChI=1S/C12H21N3O/c1-9(2)13-7-8-14-12(16)11-6-5-10(3)15(11)4/h5-6,9,13H,7-8H2,1-4H3,(H,14,16). The first-order valence-corrected chi connectivity index (χ1v) is 5.66. The van der Waals surface area contributed by atoms with Gasteiger partial charge in [0.15, 0.2) is 0 Å². The monoisotopic (exact) mass is 223 g/mol. The molecule has 0 atom stereocenters. The number of amides is 1. The van der Waals surface area contributed by atoms with Crippen molar-refractivity contribution in [2.45, 2.75) is 26.8 Å². The first-order valence-electron chi connectivity index (χ1n) is 5.66. The number of carbonyl (C=O) groups is 1. The third-order valence-corrected chi connectivity index (χ3v) is 2.57. The van der Waals surface area contributed by atoms with Gasteiger partial charge in [-0.05, 0) is 19.1 Å². The zero-order chi connectivity index (χ0) is 12.1. The van der Waals surface area contributed by atoms with Gasteiger partial charge in [0.25, 0.3) is 5.91 Å². The quantitative estimate of drug-likeness (QED) is 0.733. The van der Waals surface area contributed by atoms with Gasteiger partial charge in [-0.15, -0.1) is 0 Å². The molecule has 0 aliphatic rings. The van der Waals surface area contributed by atoms with Crippen molar-refractivity contribution in [3.05, 3.63) is 23.5 Å². The molecule has 0 saturated carbocycles. The Morgan fingerprint density at radius 1 is 1.38 bits per heavy atom. The van der Waals surface area contributed by atoms with E-state index in [2.05, 4.69) is 24.5 Å². The molecule has 0 aliphatic heterocycles. The van der Waals surface area contributed by atoms with Crippen LogP contribution in [0.15, 0.2) is 12.1 Å². The highest BCUT2D eigenvalue weighted by molar-refractivity contribution is 5.92. The zero-order valence-electron chi connectivity index (χ0n) is 10.5. The van der Waals surface area contributed by atoms with Gasteiger partial charge in [-0.25, -0.2) is 0 Å². The van der Waals surface area contributed by atoms with E-state index in [9.17, 15) is 4.79 Å². The summed E-state index contributed by atoms with van der Waals surface area (Å²) in [5, 5.41) is 6.14. The molecule has 1 aromatic heterocycles. The number of carbonyl (C=O) groups excluding carboxylic acids is 1. The van der Waals surface area contributed by atoms with Gasteiger partial charge in [-0.2, -0.15) is 0 Å². The van der Waals surface area contributed by atoms with Crippen molar-refractivity contribution in [1.82, 2.24) is 15.2 Å². The number of nitrogens with one attached hydrogen (secondary N) is 2. The van der Waals surface area contributed by atoms with Crippen molar-refractivity contribution in [3.63, 3.8) is 0 Å². The lowest BCUT2D eigenvalue weighted by atomic mass is 10.4. The fraction of sp³-hybridized carbons (Fsp3) is 0.583. The number of hydrogen-bond donors (Lipinski definition) is 2. The highest BCUT2D eigenvalue weighted by atomic mass is 16.1. The molecule has 90 valence electrons. The maximum atomic E-state index is 11.8. The summed E-state index contributed by atoms with van der Waals surface area (Å²) in [5.74, 6) is -0.0128. The summed E-state index contributed by atoms with van der Waals surface area (Å²) >= 11 is 0. The molecule has 0 fully saturated rings. The highest BCUT2D eigenvalue weighted by Gasteiger charge is 2.09. The van der Waals surface area contributed by atoms with Gasteiger partial charge in [-0.3, -0.25) is 4.79 Å². The predicted octanol–water partition coefficient (Wildman–Crippen LogP) is 1.06. The van der Waals surface area contributed by atoms with Crippen LogP contribution in [0.1, 0.15) is 30.0 Å². The Morgan fingerprint density at radius 3 is 2.56 bits per heavy atom. The van der Waals surface area contributed by atoms with Crippen molar-refractivity contribution >= 4 is 5.91 Å². The van der Waals surface area contributed by atoms with Gasteiger partial charge in [0.1, 0.15) is 5.69 Å². The van der Waals surface area contributed by atoms with Crippen LogP contribution >= 0.6 is 0 Å². The molecule has 0 bridgehead atoms. The summed E-state index contributed by atoms with van der Waals surface area (Å²) < 4.78 is 1.89. The molecule has 4 heteroatoms. The molecule has 0 aliphatic carbocycles. The van der Waals surface area contributed by atoms with Crippen LogP contribution in [-0.4, -0.2) is 29.6 Å². The van der Waals surface area contributed by atoms with Gasteiger partial charge in [0.05, 0.1) is 0 Å². The topological polar surface area (TPSA) is 46.1 Å². The van der Waals surface area contributed by atoms with E-state index in [1.807, 2.05) is 30.7 Å². The minimum Gasteiger partial charge on any atom is -0.349 e. The molecule has 1 amide bonds. The summed E-state index contributed by atoms with van der Waals surface area (Å²) in [6, 6.07) is 4.25. The number of aryl methyl sites for hydroxylation is 1. The summed E-state index contributed by atoms with van der Waals surface area (Å²) in [6.45, 7) is 7.61. The van der Waals surface area contributed by atoms with Crippen LogP contribution in [0.2, 0.25) is 0 Å². The van der Waals surface area contributed by atoms with Crippen LogP contribution in [0.5, 0.6) is 0 Å². The normalized spacial score (nSPS) is 10.8. The van der Waals surface area contributed by atoms with Gasteiger partial charge in [0, 0.05) is 31.9 Å². The van der Waals surface area contributed by atoms with E-state index >= 15 is 0 Å². The molecule has 4 nitrogen and oxygen atoms in total. The Labute approximate surface area is 97.0 Å². The zero-order valence-corrected chi connectivity index (χ0v) is 10.5. The van der Waals surface area contributed by atoms with Gasteiger partial charge in [-0.1, -0.05) is 13.8 Å². The molecule has 16 heavy (non-hydrogen) atoms. The van der Waals surface area contributed by atoms with Crippen LogP contribution in [0.4, 0.5) is 0 Å². The van der Waals surface area contributed by atoms with Crippen molar-refractivity contribution in [2.24, 2.45) is 7.05 Å². The Morgan fingerprint density at radius 2 is 2.06 bits per heavy atom. The lowest BCUT2D eigenvalue weighted by molar-refractivity contribution is 0.0945. The van der Waals surface area contributed by atoms with E-state index in [-0.39, 0.29) is 5.91 Å². The van der Waals surface area contributed by atoms with E-state index in [0.29, 0.717) is 18.3 Å². The van der Waals surface area contributed by atoms with E-state index in [1.165, 1.54) is 0 Å². The maximum Gasteiger partial charge on any atom is 0.267 e. The largest absolute Gasteiger partial charge is 0.349 e.